The number of benzene rings is 1. The molecule has 208 valence electrons. The molecule has 0 unspecified atom stereocenters. The van der Waals surface area contributed by atoms with E-state index in [0.717, 1.165) is 0 Å². The summed E-state index contributed by atoms with van der Waals surface area (Å²) in [5.41, 5.74) is 0.186. The minimum absolute atomic E-state index is 0.141. The largest absolute Gasteiger partial charge is 0.397 e. The number of rotatable bonds is 15. The van der Waals surface area contributed by atoms with Gasteiger partial charge in [0, 0.05) is 12.2 Å². The molecule has 0 saturated carbocycles. The predicted molar refractivity (Wildman–Crippen MR) is 129 cm³/mol. The molecule has 1 heterocycles. The number of hydrogen-bond donors (Lipinski definition) is 4. The highest BCUT2D eigenvalue weighted by Gasteiger charge is 2.18. The van der Waals surface area contributed by atoms with E-state index in [4.69, 9.17) is 20.7 Å². The van der Waals surface area contributed by atoms with Crippen LogP contribution in [0.4, 0.5) is 17.6 Å². The Balaban J connectivity index is 2.03. The molecule has 0 amide bonds. The molecule has 0 atom stereocenters. The fourth-order valence-electron chi connectivity index (χ4n) is 2.44. The van der Waals surface area contributed by atoms with E-state index in [9.17, 15) is 33.7 Å². The first-order chi connectivity index (χ1) is 16.9. The maximum atomic E-state index is 12.4. The topological polar surface area (TPSA) is 258 Å². The van der Waals surface area contributed by atoms with Gasteiger partial charge in [-0.2, -0.15) is 31.8 Å². The van der Waals surface area contributed by atoms with Crippen LogP contribution in [0.15, 0.2) is 29.2 Å². The molecular weight excluding hydrogens is 606 g/mol. The lowest BCUT2D eigenvalue weighted by Crippen LogP contribution is -2.22. The van der Waals surface area contributed by atoms with Crippen molar-refractivity contribution in [2.45, 2.75) is 4.90 Å². The minimum atomic E-state index is -4.80. The molecule has 4 N–H and O–H groups in total. The van der Waals surface area contributed by atoms with Crippen LogP contribution in [0.5, 0.6) is 0 Å². The molecule has 17 nitrogen and oxygen atoms in total. The van der Waals surface area contributed by atoms with Gasteiger partial charge in [0.15, 0.2) is 19.7 Å². The number of halogens is 1. The quantitative estimate of drug-likeness (QED) is 0.182. The van der Waals surface area contributed by atoms with Crippen LogP contribution in [0.3, 0.4) is 0 Å². The second-order valence-electron chi connectivity index (χ2n) is 6.80. The van der Waals surface area contributed by atoms with Gasteiger partial charge in [-0.25, -0.2) is 25.2 Å². The molecule has 0 fully saturated rings. The summed E-state index contributed by atoms with van der Waals surface area (Å²) in [5.74, 6) is -2.18. The van der Waals surface area contributed by atoms with Crippen LogP contribution in [0.2, 0.25) is 5.28 Å². The van der Waals surface area contributed by atoms with Crippen molar-refractivity contribution in [3.05, 3.63) is 29.5 Å². The highest BCUT2D eigenvalue weighted by atomic mass is 35.5. The number of aromatic nitrogens is 3. The molecule has 1 aromatic carbocycles. The molecule has 1 aromatic heterocycles. The summed E-state index contributed by atoms with van der Waals surface area (Å²) in [6.07, 6.45) is 0. The number of nitrogens with zero attached hydrogens (tertiary/aromatic N) is 3. The Bertz CT molecular complexity index is 1530. The van der Waals surface area contributed by atoms with E-state index in [0.29, 0.717) is 0 Å². The van der Waals surface area contributed by atoms with Crippen LogP contribution in [-0.4, -0.2) is 94.7 Å². The van der Waals surface area contributed by atoms with E-state index < -0.39 is 70.9 Å². The molecule has 0 spiro atoms. The van der Waals surface area contributed by atoms with Gasteiger partial charge < -0.3 is 10.6 Å². The summed E-state index contributed by atoms with van der Waals surface area (Å²) < 4.78 is 116. The Morgan fingerprint density at radius 2 is 1.41 bits per heavy atom. The van der Waals surface area contributed by atoms with E-state index in [2.05, 4.69) is 34.0 Å². The molecular formula is C15H20ClN5O12S4. The second kappa shape index (κ2) is 12.5. The van der Waals surface area contributed by atoms with Gasteiger partial charge in [-0.3, -0.25) is 9.11 Å². The van der Waals surface area contributed by atoms with Crippen molar-refractivity contribution in [3.8, 4) is 0 Å². The third-order valence-electron chi connectivity index (χ3n) is 3.96. The van der Waals surface area contributed by atoms with Gasteiger partial charge in [-0.1, -0.05) is 6.07 Å². The fraction of sp³-hybridized carbons (Fsp3) is 0.400. The van der Waals surface area contributed by atoms with Gasteiger partial charge in [0.1, 0.15) is 0 Å². The van der Waals surface area contributed by atoms with Crippen LogP contribution in [0.25, 0.3) is 0 Å². The van der Waals surface area contributed by atoms with Crippen molar-refractivity contribution in [1.29, 1.82) is 0 Å². The van der Waals surface area contributed by atoms with E-state index >= 15 is 0 Å². The summed E-state index contributed by atoms with van der Waals surface area (Å²) in [6.45, 7) is -1.79. The molecule has 0 aliphatic heterocycles. The number of nitrogens with one attached hydrogen (secondary N) is 2. The molecule has 0 bridgehead atoms. The standard InChI is InChI=1S/C15H20ClN5O12S4/c16-13-19-14(17-4-7-34(22,23)8-5-32-36(26,27)28)21-15(20-13)18-11-2-1-3-12(10-11)35(24,25)9-6-33-37(29,30)31/h1-3,10H,4-9H2,(H,26,27,28)(H,29,30,31)(H2,17,18,19,20,21). The predicted octanol–water partition coefficient (Wildman–Crippen LogP) is -0.492. The lowest BCUT2D eigenvalue weighted by molar-refractivity contribution is 0.282. The second-order valence-corrected chi connectivity index (χ2v) is 13.7. The maximum absolute atomic E-state index is 12.4. The summed E-state index contributed by atoms with van der Waals surface area (Å²) in [5, 5.41) is 4.99. The summed E-state index contributed by atoms with van der Waals surface area (Å²) in [7, 11) is -17.3. The van der Waals surface area contributed by atoms with E-state index in [1.807, 2.05) is 0 Å². The van der Waals surface area contributed by atoms with Crippen molar-refractivity contribution in [3.63, 3.8) is 0 Å². The first-order valence-corrected chi connectivity index (χ1v) is 16.2. The third kappa shape index (κ3) is 12.2. The molecule has 0 radical (unpaired) electrons. The Morgan fingerprint density at radius 1 is 0.811 bits per heavy atom. The molecule has 37 heavy (non-hydrogen) atoms. The zero-order chi connectivity index (χ0) is 27.9. The SMILES string of the molecule is O=S(=O)(CCNc1nc(Cl)nc(Nc2cccc(S(=O)(=O)CCOS(=O)(=O)O)c2)n1)CCOS(=O)(=O)O. The summed E-state index contributed by atoms with van der Waals surface area (Å²) >= 11 is 5.86. The van der Waals surface area contributed by atoms with E-state index in [-0.39, 0.29) is 34.3 Å². The van der Waals surface area contributed by atoms with Crippen LogP contribution >= 0.6 is 11.6 Å². The van der Waals surface area contributed by atoms with Crippen molar-refractivity contribution in [2.75, 3.05) is 47.7 Å². The zero-order valence-corrected chi connectivity index (χ0v) is 22.4. The minimum Gasteiger partial charge on any atom is -0.353 e. The van der Waals surface area contributed by atoms with E-state index in [1.54, 1.807) is 0 Å². The van der Waals surface area contributed by atoms with Crippen LogP contribution in [0.1, 0.15) is 0 Å². The van der Waals surface area contributed by atoms with Crippen molar-refractivity contribution in [1.82, 2.24) is 15.0 Å². The summed E-state index contributed by atoms with van der Waals surface area (Å²) in [4.78, 5) is 11.4. The van der Waals surface area contributed by atoms with Crippen LogP contribution in [0, 0.1) is 0 Å². The van der Waals surface area contributed by atoms with E-state index in [1.165, 1.54) is 24.3 Å². The van der Waals surface area contributed by atoms with Gasteiger partial charge in [-0.15, -0.1) is 0 Å². The van der Waals surface area contributed by atoms with Gasteiger partial charge in [-0.05, 0) is 29.8 Å². The Hall–Kier alpha value is -2.24. The third-order valence-corrected chi connectivity index (χ3v) is 8.35. The zero-order valence-electron chi connectivity index (χ0n) is 18.4. The van der Waals surface area contributed by atoms with Crippen molar-refractivity contribution >= 4 is 69.7 Å². The number of anilines is 3. The highest BCUT2D eigenvalue weighted by molar-refractivity contribution is 7.91. The maximum Gasteiger partial charge on any atom is 0.397 e. The fourth-order valence-corrected chi connectivity index (χ4v) is 5.48. The molecule has 2 aromatic rings. The first kappa shape index (κ1) is 31.0. The Kier molecular flexibility index (Phi) is 10.5. The smallest absolute Gasteiger partial charge is 0.353 e. The van der Waals surface area contributed by atoms with Crippen molar-refractivity contribution in [2.24, 2.45) is 0 Å². The van der Waals surface area contributed by atoms with Crippen LogP contribution < -0.4 is 10.6 Å². The lowest BCUT2D eigenvalue weighted by Gasteiger charge is -2.10. The molecule has 0 aliphatic carbocycles. The lowest BCUT2D eigenvalue weighted by atomic mass is 10.3. The normalized spacial score (nSPS) is 12.8. The number of sulfone groups is 2. The van der Waals surface area contributed by atoms with Gasteiger partial charge in [0.25, 0.3) is 0 Å². The van der Waals surface area contributed by atoms with Crippen molar-refractivity contribution < 1.29 is 51.1 Å². The molecule has 0 aliphatic rings. The van der Waals surface area contributed by atoms with Gasteiger partial charge >= 0.3 is 20.8 Å². The monoisotopic (exact) mass is 625 g/mol. The molecule has 22 heteroatoms. The Labute approximate surface area is 217 Å². The van der Waals surface area contributed by atoms with Gasteiger partial charge in [0.2, 0.25) is 17.2 Å². The first-order valence-electron chi connectivity index (χ1n) is 9.63. The average Bonchev–Trinajstić information content (AvgIpc) is 2.71. The number of hydrogen-bond acceptors (Lipinski definition) is 15. The molecule has 0 saturated heterocycles. The van der Waals surface area contributed by atoms with Gasteiger partial charge in [0.05, 0.1) is 35.4 Å². The summed E-state index contributed by atoms with van der Waals surface area (Å²) in [6, 6.07) is 5.26. The molecule has 2 rings (SSSR count). The highest BCUT2D eigenvalue weighted by Crippen LogP contribution is 2.20. The van der Waals surface area contributed by atoms with Crippen LogP contribution in [-0.2, 0) is 48.8 Å². The Morgan fingerprint density at radius 3 is 2.03 bits per heavy atom. The average molecular weight is 626 g/mol.